The summed E-state index contributed by atoms with van der Waals surface area (Å²) in [4.78, 5) is 12.3. The minimum atomic E-state index is -4.50. The molecule has 1 aromatic heterocycles. The number of alkyl halides is 3. The Balaban J connectivity index is 1.86. The molecule has 0 aliphatic heterocycles. The van der Waals surface area contributed by atoms with E-state index < -0.39 is 29.3 Å². The molecule has 0 saturated carbocycles. The SMILES string of the molecule is Cc1nn(-c2cccc(C(F)(F)F)c2)c(C)c1CC(=O)Nc1cc(F)ccc1F. The number of hydrogen-bond donors (Lipinski definition) is 1. The van der Waals surface area contributed by atoms with Crippen LogP contribution in [0.4, 0.5) is 27.6 Å². The lowest BCUT2D eigenvalue weighted by atomic mass is 10.1. The fourth-order valence-corrected chi connectivity index (χ4v) is 2.94. The topological polar surface area (TPSA) is 46.9 Å². The van der Waals surface area contributed by atoms with Crippen LogP contribution in [0.5, 0.6) is 0 Å². The maximum Gasteiger partial charge on any atom is 0.416 e. The van der Waals surface area contributed by atoms with E-state index in [2.05, 4.69) is 10.4 Å². The van der Waals surface area contributed by atoms with Gasteiger partial charge in [-0.2, -0.15) is 18.3 Å². The highest BCUT2D eigenvalue weighted by Crippen LogP contribution is 2.31. The van der Waals surface area contributed by atoms with Gasteiger partial charge in [-0.25, -0.2) is 13.5 Å². The first-order valence-corrected chi connectivity index (χ1v) is 8.54. The molecule has 4 nitrogen and oxygen atoms in total. The molecule has 29 heavy (non-hydrogen) atoms. The zero-order valence-corrected chi connectivity index (χ0v) is 15.4. The van der Waals surface area contributed by atoms with Crippen LogP contribution in [0.3, 0.4) is 0 Å². The van der Waals surface area contributed by atoms with E-state index in [9.17, 15) is 26.7 Å². The molecule has 9 heteroatoms. The zero-order valence-electron chi connectivity index (χ0n) is 15.4. The van der Waals surface area contributed by atoms with Crippen LogP contribution in [0.25, 0.3) is 5.69 Å². The van der Waals surface area contributed by atoms with Gasteiger partial charge in [-0.15, -0.1) is 0 Å². The van der Waals surface area contributed by atoms with Crippen molar-refractivity contribution in [3.05, 3.63) is 76.6 Å². The number of carbonyl (C=O) groups excluding carboxylic acids is 1. The number of amides is 1. The van der Waals surface area contributed by atoms with Crippen LogP contribution in [-0.2, 0) is 17.4 Å². The number of aromatic nitrogens is 2. The molecule has 0 radical (unpaired) electrons. The zero-order chi connectivity index (χ0) is 21.3. The molecule has 0 aliphatic carbocycles. The number of nitrogens with one attached hydrogen (secondary N) is 1. The smallest absolute Gasteiger partial charge is 0.323 e. The van der Waals surface area contributed by atoms with Crippen molar-refractivity contribution in [1.82, 2.24) is 9.78 Å². The Labute approximate surface area is 163 Å². The Bertz CT molecular complexity index is 1070. The predicted octanol–water partition coefficient (Wildman–Crippen LogP) is 4.97. The van der Waals surface area contributed by atoms with Crippen molar-refractivity contribution >= 4 is 11.6 Å². The number of carbonyl (C=O) groups is 1. The molecule has 3 rings (SSSR count). The summed E-state index contributed by atoms with van der Waals surface area (Å²) in [6.07, 6.45) is -4.70. The van der Waals surface area contributed by atoms with Gasteiger partial charge in [0.1, 0.15) is 11.6 Å². The van der Waals surface area contributed by atoms with E-state index in [1.807, 2.05) is 0 Å². The van der Waals surface area contributed by atoms with Gasteiger partial charge in [-0.1, -0.05) is 6.07 Å². The molecular formula is C20H16F5N3O. The highest BCUT2D eigenvalue weighted by atomic mass is 19.4. The van der Waals surface area contributed by atoms with Crippen molar-refractivity contribution in [2.45, 2.75) is 26.4 Å². The maximum absolute atomic E-state index is 13.7. The van der Waals surface area contributed by atoms with E-state index in [0.29, 0.717) is 17.0 Å². The molecule has 1 amide bonds. The minimum absolute atomic E-state index is 0.197. The first-order chi connectivity index (χ1) is 13.6. The number of hydrogen-bond acceptors (Lipinski definition) is 2. The Kier molecular flexibility index (Phi) is 5.41. The van der Waals surface area contributed by atoms with Crippen LogP contribution in [0, 0.1) is 25.5 Å². The molecule has 2 aromatic carbocycles. The predicted molar refractivity (Wildman–Crippen MR) is 96.7 cm³/mol. The molecule has 0 saturated heterocycles. The van der Waals surface area contributed by atoms with Crippen LogP contribution in [0.15, 0.2) is 42.5 Å². The van der Waals surface area contributed by atoms with Crippen molar-refractivity contribution in [2.75, 3.05) is 5.32 Å². The van der Waals surface area contributed by atoms with E-state index in [4.69, 9.17) is 0 Å². The first-order valence-electron chi connectivity index (χ1n) is 8.54. The van der Waals surface area contributed by atoms with Gasteiger partial charge in [-0.3, -0.25) is 4.79 Å². The number of anilines is 1. The lowest BCUT2D eigenvalue weighted by molar-refractivity contribution is -0.137. The minimum Gasteiger partial charge on any atom is -0.323 e. The lowest BCUT2D eigenvalue weighted by Crippen LogP contribution is -2.16. The van der Waals surface area contributed by atoms with Gasteiger partial charge in [0, 0.05) is 17.3 Å². The van der Waals surface area contributed by atoms with Crippen molar-refractivity contribution in [2.24, 2.45) is 0 Å². The third-order valence-corrected chi connectivity index (χ3v) is 4.40. The van der Waals surface area contributed by atoms with Gasteiger partial charge in [0.15, 0.2) is 0 Å². The summed E-state index contributed by atoms with van der Waals surface area (Å²) >= 11 is 0. The Morgan fingerprint density at radius 2 is 1.83 bits per heavy atom. The average molecular weight is 409 g/mol. The molecule has 0 bridgehead atoms. The third kappa shape index (κ3) is 4.44. The van der Waals surface area contributed by atoms with E-state index in [0.717, 1.165) is 30.3 Å². The standard InChI is InChI=1S/C20H16F5N3O/c1-11-16(10-19(29)26-18-9-14(21)6-7-17(18)22)12(2)28(27-11)15-5-3-4-13(8-15)20(23,24)25/h3-9H,10H2,1-2H3,(H,26,29). The second kappa shape index (κ2) is 7.65. The second-order valence-corrected chi connectivity index (χ2v) is 6.46. The quantitative estimate of drug-likeness (QED) is 0.619. The van der Waals surface area contributed by atoms with Gasteiger partial charge in [-0.05, 0) is 44.2 Å². The summed E-state index contributed by atoms with van der Waals surface area (Å²) < 4.78 is 67.2. The molecule has 1 N–H and O–H groups in total. The molecule has 3 aromatic rings. The van der Waals surface area contributed by atoms with Crippen LogP contribution in [0.2, 0.25) is 0 Å². The monoisotopic (exact) mass is 409 g/mol. The molecule has 0 atom stereocenters. The Morgan fingerprint density at radius 1 is 1.10 bits per heavy atom. The number of benzene rings is 2. The van der Waals surface area contributed by atoms with Crippen molar-refractivity contribution in [3.8, 4) is 5.69 Å². The van der Waals surface area contributed by atoms with Gasteiger partial charge < -0.3 is 5.32 Å². The highest BCUT2D eigenvalue weighted by Gasteiger charge is 2.30. The van der Waals surface area contributed by atoms with Crippen molar-refractivity contribution < 1.29 is 26.7 Å². The van der Waals surface area contributed by atoms with Gasteiger partial charge in [0.2, 0.25) is 5.91 Å². The molecule has 0 fully saturated rings. The third-order valence-electron chi connectivity index (χ3n) is 4.40. The van der Waals surface area contributed by atoms with E-state index >= 15 is 0 Å². The molecule has 0 unspecified atom stereocenters. The summed E-state index contributed by atoms with van der Waals surface area (Å²) in [7, 11) is 0. The number of rotatable bonds is 4. The molecule has 152 valence electrons. The largest absolute Gasteiger partial charge is 0.416 e. The van der Waals surface area contributed by atoms with Crippen LogP contribution < -0.4 is 5.32 Å². The summed E-state index contributed by atoms with van der Waals surface area (Å²) in [5.41, 5.74) is 0.477. The molecule has 0 spiro atoms. The fraction of sp³-hybridized carbons (Fsp3) is 0.200. The van der Waals surface area contributed by atoms with E-state index in [1.54, 1.807) is 13.8 Å². The second-order valence-electron chi connectivity index (χ2n) is 6.46. The first kappa shape index (κ1) is 20.5. The summed E-state index contributed by atoms with van der Waals surface area (Å²) in [5, 5.41) is 6.52. The van der Waals surface area contributed by atoms with Crippen LogP contribution in [0.1, 0.15) is 22.5 Å². The Morgan fingerprint density at radius 3 is 2.52 bits per heavy atom. The normalized spacial score (nSPS) is 11.6. The summed E-state index contributed by atoms with van der Waals surface area (Å²) in [6, 6.07) is 7.35. The van der Waals surface area contributed by atoms with Gasteiger partial charge in [0.25, 0.3) is 0 Å². The van der Waals surface area contributed by atoms with Crippen molar-refractivity contribution in [3.63, 3.8) is 0 Å². The van der Waals surface area contributed by atoms with E-state index in [1.165, 1.54) is 16.8 Å². The highest BCUT2D eigenvalue weighted by molar-refractivity contribution is 5.92. The number of nitrogens with zero attached hydrogens (tertiary/aromatic N) is 2. The van der Waals surface area contributed by atoms with Crippen LogP contribution >= 0.6 is 0 Å². The number of halogens is 5. The molecule has 0 aliphatic rings. The van der Waals surface area contributed by atoms with Gasteiger partial charge >= 0.3 is 6.18 Å². The van der Waals surface area contributed by atoms with Crippen molar-refractivity contribution in [1.29, 1.82) is 0 Å². The Hall–Kier alpha value is -3.23. The summed E-state index contributed by atoms with van der Waals surface area (Å²) in [5.74, 6) is -2.09. The molecular weight excluding hydrogens is 393 g/mol. The van der Waals surface area contributed by atoms with Crippen LogP contribution in [-0.4, -0.2) is 15.7 Å². The van der Waals surface area contributed by atoms with Gasteiger partial charge in [0.05, 0.1) is 29.1 Å². The fourth-order valence-electron chi connectivity index (χ4n) is 2.94. The molecule has 1 heterocycles. The number of aryl methyl sites for hydroxylation is 1. The average Bonchev–Trinajstić information content (AvgIpc) is 2.92. The van der Waals surface area contributed by atoms with E-state index in [-0.39, 0.29) is 17.8 Å². The maximum atomic E-state index is 13.7. The summed E-state index contributed by atoms with van der Waals surface area (Å²) in [6.45, 7) is 3.23. The lowest BCUT2D eigenvalue weighted by Gasteiger charge is -2.10.